The van der Waals surface area contributed by atoms with E-state index in [1.165, 1.54) is 18.3 Å². The zero-order valence-corrected chi connectivity index (χ0v) is 16.6. The number of fused-ring (bicyclic) bond motifs is 2. The van der Waals surface area contributed by atoms with Crippen LogP contribution in [0.1, 0.15) is 28.0 Å². The molecule has 4 N–H and O–H groups in total. The standard InChI is InChI=1S/C19H17N5O5S/c1-9(25)20-7-11-5-12-17(27)23-16(24-19(12)30-11)18(28)21-6-10-2-3-14-13(4-10)22-15(26)8-29-14/h2-5H,6-8H2,1H3,(H,20,25)(H,21,28)(H,22,26)(H,23,24,27). The molecule has 0 unspecified atom stereocenters. The molecular formula is C19H17N5O5S. The minimum atomic E-state index is -0.538. The third-order valence-corrected chi connectivity index (χ3v) is 5.34. The first kappa shape index (κ1) is 19.6. The van der Waals surface area contributed by atoms with Crippen LogP contribution in [0.5, 0.6) is 5.75 Å². The monoisotopic (exact) mass is 427 g/mol. The number of ether oxygens (including phenoxy) is 1. The molecule has 1 aliphatic rings. The maximum Gasteiger partial charge on any atom is 0.287 e. The van der Waals surface area contributed by atoms with Gasteiger partial charge in [0, 0.05) is 18.3 Å². The number of nitrogens with zero attached hydrogens (tertiary/aromatic N) is 1. The average Bonchev–Trinajstić information content (AvgIpc) is 3.14. The molecule has 3 aromatic rings. The molecular weight excluding hydrogens is 410 g/mol. The minimum Gasteiger partial charge on any atom is -0.482 e. The largest absolute Gasteiger partial charge is 0.482 e. The Morgan fingerprint density at radius 3 is 2.83 bits per heavy atom. The number of anilines is 1. The van der Waals surface area contributed by atoms with Crippen LogP contribution in [-0.2, 0) is 22.7 Å². The van der Waals surface area contributed by atoms with Gasteiger partial charge in [0.1, 0.15) is 10.6 Å². The van der Waals surface area contributed by atoms with E-state index in [2.05, 4.69) is 25.9 Å². The third kappa shape index (κ3) is 4.15. The van der Waals surface area contributed by atoms with Crippen molar-refractivity contribution in [2.75, 3.05) is 11.9 Å². The summed E-state index contributed by atoms with van der Waals surface area (Å²) >= 11 is 1.24. The van der Waals surface area contributed by atoms with Crippen LogP contribution in [0.2, 0.25) is 0 Å². The number of benzene rings is 1. The van der Waals surface area contributed by atoms with E-state index in [1.807, 2.05) is 0 Å². The van der Waals surface area contributed by atoms with Crippen molar-refractivity contribution in [3.8, 4) is 5.75 Å². The van der Waals surface area contributed by atoms with Gasteiger partial charge in [-0.25, -0.2) is 4.98 Å². The summed E-state index contributed by atoms with van der Waals surface area (Å²) < 4.78 is 5.30. The summed E-state index contributed by atoms with van der Waals surface area (Å²) in [7, 11) is 0. The highest BCUT2D eigenvalue weighted by Gasteiger charge is 2.17. The molecule has 2 aromatic heterocycles. The predicted molar refractivity (Wildman–Crippen MR) is 109 cm³/mol. The predicted octanol–water partition coefficient (Wildman–Crippen LogP) is 0.882. The van der Waals surface area contributed by atoms with E-state index >= 15 is 0 Å². The zero-order chi connectivity index (χ0) is 21.3. The molecule has 3 amide bonds. The summed E-state index contributed by atoms with van der Waals surface area (Å²) in [6.07, 6.45) is 0. The Morgan fingerprint density at radius 2 is 2.03 bits per heavy atom. The Morgan fingerprint density at radius 1 is 1.20 bits per heavy atom. The third-order valence-electron chi connectivity index (χ3n) is 4.31. The number of aromatic amines is 1. The lowest BCUT2D eigenvalue weighted by Crippen LogP contribution is -2.28. The fraction of sp³-hybridized carbons (Fsp3) is 0.211. The highest BCUT2D eigenvalue weighted by atomic mass is 32.1. The molecule has 0 spiro atoms. The number of rotatable bonds is 5. The maximum atomic E-state index is 12.5. The van der Waals surface area contributed by atoms with Crippen LogP contribution < -0.4 is 26.2 Å². The fourth-order valence-electron chi connectivity index (χ4n) is 2.89. The van der Waals surface area contributed by atoms with Gasteiger partial charge in [-0.15, -0.1) is 11.3 Å². The first-order valence-corrected chi connectivity index (χ1v) is 9.81. The summed E-state index contributed by atoms with van der Waals surface area (Å²) in [4.78, 5) is 55.2. The summed E-state index contributed by atoms with van der Waals surface area (Å²) in [6.45, 7) is 1.84. The number of amides is 3. The number of hydrogen-bond donors (Lipinski definition) is 4. The van der Waals surface area contributed by atoms with Crippen LogP contribution in [0, 0.1) is 0 Å². The van der Waals surface area contributed by atoms with Crippen molar-refractivity contribution in [3.05, 3.63) is 50.9 Å². The summed E-state index contributed by atoms with van der Waals surface area (Å²) in [5.41, 5.74) is 0.852. The van der Waals surface area contributed by atoms with Crippen molar-refractivity contribution in [3.63, 3.8) is 0 Å². The second kappa shape index (κ2) is 7.95. The van der Waals surface area contributed by atoms with E-state index in [0.29, 0.717) is 21.7 Å². The molecule has 11 heteroatoms. The molecule has 3 heterocycles. The summed E-state index contributed by atoms with van der Waals surface area (Å²) in [6, 6.07) is 6.83. The topological polar surface area (TPSA) is 142 Å². The van der Waals surface area contributed by atoms with Gasteiger partial charge < -0.3 is 25.7 Å². The van der Waals surface area contributed by atoms with Gasteiger partial charge in [-0.3, -0.25) is 19.2 Å². The van der Waals surface area contributed by atoms with E-state index in [9.17, 15) is 19.2 Å². The van der Waals surface area contributed by atoms with Crippen LogP contribution in [0.4, 0.5) is 5.69 Å². The molecule has 0 saturated heterocycles. The number of nitrogens with one attached hydrogen (secondary N) is 4. The Labute approximate surface area is 173 Å². The highest BCUT2D eigenvalue weighted by Crippen LogP contribution is 2.28. The highest BCUT2D eigenvalue weighted by molar-refractivity contribution is 7.18. The van der Waals surface area contributed by atoms with Crippen molar-refractivity contribution < 1.29 is 19.1 Å². The van der Waals surface area contributed by atoms with Crippen molar-refractivity contribution in [2.45, 2.75) is 20.0 Å². The first-order valence-electron chi connectivity index (χ1n) is 9.00. The molecule has 10 nitrogen and oxygen atoms in total. The molecule has 1 aliphatic heterocycles. The van der Waals surface area contributed by atoms with Crippen molar-refractivity contribution >= 4 is 45.0 Å². The summed E-state index contributed by atoms with van der Waals surface area (Å²) in [5.74, 6) is -0.497. The van der Waals surface area contributed by atoms with Crippen molar-refractivity contribution in [1.29, 1.82) is 0 Å². The molecule has 4 rings (SSSR count). The molecule has 0 atom stereocenters. The Hall–Kier alpha value is -3.73. The molecule has 30 heavy (non-hydrogen) atoms. The van der Waals surface area contributed by atoms with Crippen LogP contribution in [0.3, 0.4) is 0 Å². The first-order chi connectivity index (χ1) is 14.4. The van der Waals surface area contributed by atoms with Gasteiger partial charge in [0.2, 0.25) is 11.7 Å². The zero-order valence-electron chi connectivity index (χ0n) is 15.8. The number of carbonyl (C=O) groups is 3. The quantitative estimate of drug-likeness (QED) is 0.476. The summed E-state index contributed by atoms with van der Waals surface area (Å²) in [5, 5.41) is 8.42. The van der Waals surface area contributed by atoms with Crippen molar-refractivity contribution in [1.82, 2.24) is 20.6 Å². The van der Waals surface area contributed by atoms with Crippen LogP contribution in [-0.4, -0.2) is 34.3 Å². The molecule has 0 saturated carbocycles. The number of H-pyrrole nitrogens is 1. The van der Waals surface area contributed by atoms with Gasteiger partial charge in [-0.05, 0) is 23.8 Å². The lowest BCUT2D eigenvalue weighted by molar-refractivity contribution is -0.119. The normalized spacial score (nSPS) is 12.6. The molecule has 0 radical (unpaired) electrons. The van der Waals surface area contributed by atoms with Gasteiger partial charge in [0.25, 0.3) is 17.4 Å². The maximum absolute atomic E-state index is 12.5. The lowest BCUT2D eigenvalue weighted by atomic mass is 10.1. The SMILES string of the molecule is CC(=O)NCc1cc2c(=O)[nH]c(C(=O)NCc3ccc4c(c3)NC(=O)CO4)nc2s1. The molecule has 0 bridgehead atoms. The van der Waals surface area contributed by atoms with Gasteiger partial charge in [-0.1, -0.05) is 6.07 Å². The van der Waals surface area contributed by atoms with Crippen molar-refractivity contribution in [2.24, 2.45) is 0 Å². The second-order valence-corrected chi connectivity index (χ2v) is 7.72. The smallest absolute Gasteiger partial charge is 0.287 e. The Kier molecular flexibility index (Phi) is 5.19. The lowest BCUT2D eigenvalue weighted by Gasteiger charge is -2.18. The number of hydrogen-bond acceptors (Lipinski definition) is 7. The Balaban J connectivity index is 1.48. The average molecular weight is 427 g/mol. The van der Waals surface area contributed by atoms with Gasteiger partial charge in [0.05, 0.1) is 17.6 Å². The molecule has 1 aromatic carbocycles. The van der Waals surface area contributed by atoms with E-state index in [-0.39, 0.29) is 37.3 Å². The Bertz CT molecular complexity index is 1230. The van der Waals surface area contributed by atoms with Crippen LogP contribution in [0.25, 0.3) is 10.2 Å². The number of carbonyl (C=O) groups excluding carboxylic acids is 3. The van der Waals surface area contributed by atoms with Gasteiger partial charge in [-0.2, -0.15) is 0 Å². The molecule has 154 valence electrons. The van der Waals surface area contributed by atoms with E-state index in [4.69, 9.17) is 4.74 Å². The second-order valence-electron chi connectivity index (χ2n) is 6.61. The van der Waals surface area contributed by atoms with E-state index in [0.717, 1.165) is 10.4 Å². The van der Waals surface area contributed by atoms with Crippen LogP contribution in [0.15, 0.2) is 29.1 Å². The fourth-order valence-corrected chi connectivity index (χ4v) is 3.86. The van der Waals surface area contributed by atoms with Gasteiger partial charge in [0.15, 0.2) is 6.61 Å². The van der Waals surface area contributed by atoms with Crippen LogP contribution >= 0.6 is 11.3 Å². The molecule has 0 fully saturated rings. The van der Waals surface area contributed by atoms with E-state index < -0.39 is 11.5 Å². The molecule has 0 aliphatic carbocycles. The van der Waals surface area contributed by atoms with E-state index in [1.54, 1.807) is 24.3 Å². The number of aromatic nitrogens is 2. The minimum absolute atomic E-state index is 0.0279. The number of thiophene rings is 1. The van der Waals surface area contributed by atoms with Gasteiger partial charge >= 0.3 is 0 Å².